The third kappa shape index (κ3) is 1.47. The van der Waals surface area contributed by atoms with Gasteiger partial charge in [0.2, 0.25) is 0 Å². The second kappa shape index (κ2) is 3.43. The summed E-state index contributed by atoms with van der Waals surface area (Å²) in [4.78, 5) is 11.3. The van der Waals surface area contributed by atoms with Crippen LogP contribution in [0.1, 0.15) is 21.7 Å². The molecule has 0 aliphatic carbocycles. The van der Waals surface area contributed by atoms with Crippen LogP contribution in [-0.4, -0.2) is 22.9 Å². The van der Waals surface area contributed by atoms with Crippen LogP contribution < -0.4 is 0 Å². The number of carbonyl (C=O) groups is 1. The molecule has 0 spiro atoms. The lowest BCUT2D eigenvalue weighted by atomic mass is 10.2. The monoisotopic (exact) mass is 180 g/mol. The molecule has 1 rings (SSSR count). The number of hydrogen-bond acceptors (Lipinski definition) is 3. The third-order valence-electron chi connectivity index (χ3n) is 1.94. The van der Waals surface area contributed by atoms with Gasteiger partial charge in [-0.1, -0.05) is 6.58 Å². The Morgan fingerprint density at radius 1 is 1.69 bits per heavy atom. The first kappa shape index (κ1) is 9.51. The smallest absolute Gasteiger partial charge is 0.341 e. The van der Waals surface area contributed by atoms with Crippen LogP contribution in [0.3, 0.4) is 0 Å². The number of aromatic nitrogens is 2. The number of ether oxygens (including phenoxy) is 1. The first-order chi connectivity index (χ1) is 6.11. The van der Waals surface area contributed by atoms with E-state index in [1.807, 2.05) is 6.92 Å². The number of hydrogen-bond donors (Lipinski definition) is 0. The van der Waals surface area contributed by atoms with Gasteiger partial charge >= 0.3 is 5.97 Å². The van der Waals surface area contributed by atoms with E-state index in [1.54, 1.807) is 17.8 Å². The fraction of sp³-hybridized carbons (Fsp3) is 0.333. The van der Waals surface area contributed by atoms with Crippen molar-refractivity contribution < 1.29 is 9.53 Å². The van der Waals surface area contributed by atoms with Gasteiger partial charge in [-0.15, -0.1) is 0 Å². The molecule has 70 valence electrons. The Morgan fingerprint density at radius 2 is 2.31 bits per heavy atom. The van der Waals surface area contributed by atoms with Crippen molar-refractivity contribution in [3.63, 3.8) is 0 Å². The lowest BCUT2D eigenvalue weighted by molar-refractivity contribution is 0.0599. The zero-order valence-electron chi connectivity index (χ0n) is 8.00. The van der Waals surface area contributed by atoms with Gasteiger partial charge in [-0.3, -0.25) is 4.68 Å². The van der Waals surface area contributed by atoms with Gasteiger partial charge < -0.3 is 4.74 Å². The molecule has 0 fully saturated rings. The maximum absolute atomic E-state index is 11.3. The van der Waals surface area contributed by atoms with Crippen molar-refractivity contribution in [3.8, 4) is 0 Å². The van der Waals surface area contributed by atoms with E-state index < -0.39 is 0 Å². The van der Waals surface area contributed by atoms with Crippen molar-refractivity contribution in [3.05, 3.63) is 23.5 Å². The Balaban J connectivity index is 3.31. The molecule has 0 saturated carbocycles. The van der Waals surface area contributed by atoms with Crippen molar-refractivity contribution >= 4 is 12.0 Å². The summed E-state index contributed by atoms with van der Waals surface area (Å²) < 4.78 is 6.26. The Kier molecular flexibility index (Phi) is 2.51. The van der Waals surface area contributed by atoms with E-state index in [-0.39, 0.29) is 5.97 Å². The molecule has 0 aromatic carbocycles. The summed E-state index contributed by atoms with van der Waals surface area (Å²) in [5.74, 6) is -0.375. The lowest BCUT2D eigenvalue weighted by Gasteiger charge is -1.98. The predicted octanol–water partition coefficient (Wildman–Crippen LogP) is 1.16. The Labute approximate surface area is 76.8 Å². The van der Waals surface area contributed by atoms with E-state index in [2.05, 4.69) is 16.4 Å². The van der Waals surface area contributed by atoms with E-state index in [9.17, 15) is 4.79 Å². The molecule has 0 amide bonds. The third-order valence-corrected chi connectivity index (χ3v) is 1.94. The molecule has 13 heavy (non-hydrogen) atoms. The van der Waals surface area contributed by atoms with Crippen molar-refractivity contribution in [2.75, 3.05) is 7.11 Å². The molecule has 0 aliphatic rings. The average Bonchev–Trinajstić information content (AvgIpc) is 2.42. The number of aryl methyl sites for hydroxylation is 1. The molecule has 0 bridgehead atoms. The van der Waals surface area contributed by atoms with Crippen LogP contribution in [0.15, 0.2) is 6.58 Å². The summed E-state index contributed by atoms with van der Waals surface area (Å²) >= 11 is 0. The van der Waals surface area contributed by atoms with E-state index in [4.69, 9.17) is 0 Å². The van der Waals surface area contributed by atoms with E-state index in [1.165, 1.54) is 7.11 Å². The van der Waals surface area contributed by atoms with Gasteiger partial charge in [0.15, 0.2) is 0 Å². The highest BCUT2D eigenvalue weighted by Gasteiger charge is 2.18. The Hall–Kier alpha value is -1.58. The first-order valence-corrected chi connectivity index (χ1v) is 3.86. The number of methoxy groups -OCH3 is 1. The summed E-state index contributed by atoms with van der Waals surface area (Å²) in [6.07, 6.45) is 1.54. The minimum absolute atomic E-state index is 0.375. The van der Waals surface area contributed by atoms with Gasteiger partial charge in [0.05, 0.1) is 18.5 Å². The van der Waals surface area contributed by atoms with Crippen molar-refractivity contribution in [1.82, 2.24) is 9.78 Å². The van der Waals surface area contributed by atoms with Crippen LogP contribution in [0, 0.1) is 6.92 Å². The molecule has 1 aromatic heterocycles. The van der Waals surface area contributed by atoms with Gasteiger partial charge in [-0.05, 0) is 13.0 Å². The standard InChI is InChI=1S/C9H12N2O2/c1-5-7-8(9(12)13-4)6(2)11(3)10-7/h5H,1H2,2-4H3. The van der Waals surface area contributed by atoms with E-state index in [0.29, 0.717) is 11.3 Å². The summed E-state index contributed by atoms with van der Waals surface area (Å²) in [6, 6.07) is 0. The molecule has 4 nitrogen and oxygen atoms in total. The van der Waals surface area contributed by atoms with Gasteiger partial charge in [-0.2, -0.15) is 5.10 Å². The fourth-order valence-electron chi connectivity index (χ4n) is 1.13. The van der Waals surface area contributed by atoms with Crippen molar-refractivity contribution in [2.45, 2.75) is 6.92 Å². The molecule has 0 unspecified atom stereocenters. The van der Waals surface area contributed by atoms with Gasteiger partial charge in [0.25, 0.3) is 0 Å². The average molecular weight is 180 g/mol. The first-order valence-electron chi connectivity index (χ1n) is 3.86. The van der Waals surface area contributed by atoms with Gasteiger partial charge in [-0.25, -0.2) is 4.79 Å². The van der Waals surface area contributed by atoms with Crippen LogP contribution in [-0.2, 0) is 11.8 Å². The number of carbonyl (C=O) groups excluding carboxylic acids is 1. The molecule has 0 saturated heterocycles. The molecular formula is C9H12N2O2. The molecule has 0 atom stereocenters. The number of esters is 1. The zero-order chi connectivity index (χ0) is 10.0. The Bertz CT molecular complexity index is 353. The van der Waals surface area contributed by atoms with Gasteiger partial charge in [0.1, 0.15) is 5.56 Å². The highest BCUT2D eigenvalue weighted by molar-refractivity contribution is 5.94. The molecular weight excluding hydrogens is 168 g/mol. The molecule has 1 aromatic rings. The van der Waals surface area contributed by atoms with Crippen LogP contribution >= 0.6 is 0 Å². The van der Waals surface area contributed by atoms with Crippen LogP contribution in [0.5, 0.6) is 0 Å². The number of rotatable bonds is 2. The van der Waals surface area contributed by atoms with Crippen molar-refractivity contribution in [2.24, 2.45) is 7.05 Å². The Morgan fingerprint density at radius 3 is 2.77 bits per heavy atom. The fourth-order valence-corrected chi connectivity index (χ4v) is 1.13. The quantitative estimate of drug-likeness (QED) is 0.641. The lowest BCUT2D eigenvalue weighted by Crippen LogP contribution is -2.04. The minimum atomic E-state index is -0.375. The van der Waals surface area contributed by atoms with Crippen LogP contribution in [0.25, 0.3) is 6.08 Å². The van der Waals surface area contributed by atoms with Gasteiger partial charge in [0, 0.05) is 7.05 Å². The highest BCUT2D eigenvalue weighted by atomic mass is 16.5. The molecule has 0 radical (unpaired) electrons. The molecule has 1 heterocycles. The predicted molar refractivity (Wildman–Crippen MR) is 49.4 cm³/mol. The summed E-state index contributed by atoms with van der Waals surface area (Å²) in [5.41, 5.74) is 1.83. The second-order valence-corrected chi connectivity index (χ2v) is 2.66. The maximum atomic E-state index is 11.3. The summed E-state index contributed by atoms with van der Waals surface area (Å²) in [5, 5.41) is 4.10. The van der Waals surface area contributed by atoms with Crippen LogP contribution in [0.2, 0.25) is 0 Å². The van der Waals surface area contributed by atoms with Crippen molar-refractivity contribution in [1.29, 1.82) is 0 Å². The summed E-state index contributed by atoms with van der Waals surface area (Å²) in [6.45, 7) is 5.39. The van der Waals surface area contributed by atoms with Crippen LogP contribution in [0.4, 0.5) is 0 Å². The SMILES string of the molecule is C=Cc1nn(C)c(C)c1C(=O)OC. The van der Waals surface area contributed by atoms with E-state index >= 15 is 0 Å². The largest absolute Gasteiger partial charge is 0.465 e. The number of nitrogens with zero attached hydrogens (tertiary/aromatic N) is 2. The highest BCUT2D eigenvalue weighted by Crippen LogP contribution is 2.14. The second-order valence-electron chi connectivity index (χ2n) is 2.66. The molecule has 0 N–H and O–H groups in total. The topological polar surface area (TPSA) is 44.1 Å². The molecule has 4 heteroatoms. The molecule has 0 aliphatic heterocycles. The normalized spacial score (nSPS) is 9.77. The van der Waals surface area contributed by atoms with E-state index in [0.717, 1.165) is 5.69 Å². The minimum Gasteiger partial charge on any atom is -0.465 e. The zero-order valence-corrected chi connectivity index (χ0v) is 8.00. The summed E-state index contributed by atoms with van der Waals surface area (Å²) in [7, 11) is 3.12. The maximum Gasteiger partial charge on any atom is 0.341 e.